The van der Waals surface area contributed by atoms with Gasteiger partial charge in [0.2, 0.25) is 5.91 Å². The Labute approximate surface area is 150 Å². The van der Waals surface area contributed by atoms with Crippen molar-refractivity contribution in [3.63, 3.8) is 0 Å². The number of para-hydroxylation sites is 1. The standard InChI is InChI=1S/C19H19NO4S/c1-14-6-8-15(9-7-14)23-10-11-24-19(22)12-20-16-4-2-3-5-17(16)25-13-18(20)21/h2-9H,10-13H2,1H3. The van der Waals surface area contributed by atoms with E-state index in [2.05, 4.69) is 0 Å². The summed E-state index contributed by atoms with van der Waals surface area (Å²) in [7, 11) is 0. The smallest absolute Gasteiger partial charge is 0.326 e. The molecule has 0 radical (unpaired) electrons. The molecule has 1 aliphatic heterocycles. The molecule has 1 aliphatic rings. The number of nitrogens with zero attached hydrogens (tertiary/aromatic N) is 1. The van der Waals surface area contributed by atoms with Crippen molar-refractivity contribution in [1.29, 1.82) is 0 Å². The molecule has 0 spiro atoms. The number of rotatable bonds is 6. The molecular formula is C19H19NO4S. The molecule has 130 valence electrons. The van der Waals surface area contributed by atoms with Crippen LogP contribution in [0, 0.1) is 6.92 Å². The zero-order chi connectivity index (χ0) is 17.6. The first-order valence-electron chi connectivity index (χ1n) is 8.01. The molecule has 25 heavy (non-hydrogen) atoms. The molecule has 0 aliphatic carbocycles. The Morgan fingerprint density at radius 2 is 1.88 bits per heavy atom. The summed E-state index contributed by atoms with van der Waals surface area (Å²) in [4.78, 5) is 26.6. The summed E-state index contributed by atoms with van der Waals surface area (Å²) in [6.45, 7) is 2.34. The molecule has 0 atom stereocenters. The predicted molar refractivity (Wildman–Crippen MR) is 97.2 cm³/mol. The summed E-state index contributed by atoms with van der Waals surface area (Å²) < 4.78 is 10.7. The number of carbonyl (C=O) groups is 2. The third-order valence-corrected chi connectivity index (χ3v) is 4.78. The number of anilines is 1. The normalized spacial score (nSPS) is 13.3. The fraction of sp³-hybridized carbons (Fsp3) is 0.263. The highest BCUT2D eigenvalue weighted by atomic mass is 32.2. The molecule has 0 saturated carbocycles. The van der Waals surface area contributed by atoms with Gasteiger partial charge >= 0.3 is 5.97 Å². The Morgan fingerprint density at radius 3 is 2.68 bits per heavy atom. The van der Waals surface area contributed by atoms with Gasteiger partial charge < -0.3 is 9.47 Å². The van der Waals surface area contributed by atoms with Crippen molar-refractivity contribution in [2.24, 2.45) is 0 Å². The number of hydrogen-bond acceptors (Lipinski definition) is 5. The van der Waals surface area contributed by atoms with Crippen LogP contribution in [0.2, 0.25) is 0 Å². The van der Waals surface area contributed by atoms with E-state index >= 15 is 0 Å². The summed E-state index contributed by atoms with van der Waals surface area (Å²) in [6, 6.07) is 15.2. The zero-order valence-corrected chi connectivity index (χ0v) is 14.8. The minimum atomic E-state index is -0.442. The van der Waals surface area contributed by atoms with Gasteiger partial charge in [-0.25, -0.2) is 0 Å². The molecule has 0 unspecified atom stereocenters. The van der Waals surface area contributed by atoms with Gasteiger partial charge in [0.1, 0.15) is 25.5 Å². The summed E-state index contributed by atoms with van der Waals surface area (Å²) in [5, 5.41) is 0. The molecule has 2 aromatic carbocycles. The van der Waals surface area contributed by atoms with E-state index in [9.17, 15) is 9.59 Å². The highest BCUT2D eigenvalue weighted by Gasteiger charge is 2.26. The number of benzene rings is 2. The van der Waals surface area contributed by atoms with Crippen molar-refractivity contribution in [3.8, 4) is 5.75 Å². The lowest BCUT2D eigenvalue weighted by molar-refractivity contribution is -0.143. The van der Waals surface area contributed by atoms with Crippen LogP contribution in [0.5, 0.6) is 5.75 Å². The minimum absolute atomic E-state index is 0.0824. The first-order chi connectivity index (χ1) is 12.1. The molecule has 1 heterocycles. The molecule has 3 rings (SSSR count). The molecular weight excluding hydrogens is 338 g/mol. The van der Waals surface area contributed by atoms with E-state index in [1.807, 2.05) is 55.5 Å². The maximum atomic E-state index is 12.1. The zero-order valence-electron chi connectivity index (χ0n) is 13.9. The quantitative estimate of drug-likeness (QED) is 0.587. The Hall–Kier alpha value is -2.47. The van der Waals surface area contributed by atoms with Gasteiger partial charge in [-0.3, -0.25) is 14.5 Å². The van der Waals surface area contributed by atoms with E-state index in [0.717, 1.165) is 21.9 Å². The van der Waals surface area contributed by atoms with Gasteiger partial charge in [-0.2, -0.15) is 0 Å². The fourth-order valence-corrected chi connectivity index (χ4v) is 3.39. The largest absolute Gasteiger partial charge is 0.490 e. The number of amides is 1. The van der Waals surface area contributed by atoms with E-state index in [4.69, 9.17) is 9.47 Å². The van der Waals surface area contributed by atoms with Gasteiger partial charge in [0.25, 0.3) is 0 Å². The number of thioether (sulfide) groups is 1. The van der Waals surface area contributed by atoms with Crippen LogP contribution in [0.15, 0.2) is 53.4 Å². The second-order valence-corrected chi connectivity index (χ2v) is 6.64. The lowest BCUT2D eigenvalue weighted by atomic mass is 10.2. The minimum Gasteiger partial charge on any atom is -0.490 e. The van der Waals surface area contributed by atoms with Crippen molar-refractivity contribution in [3.05, 3.63) is 54.1 Å². The molecule has 0 N–H and O–H groups in total. The number of carbonyl (C=O) groups excluding carboxylic acids is 2. The Balaban J connectivity index is 1.48. The molecule has 0 saturated heterocycles. The molecule has 1 amide bonds. The number of ether oxygens (including phenoxy) is 2. The lowest BCUT2D eigenvalue weighted by Gasteiger charge is -2.27. The third kappa shape index (κ3) is 4.54. The average molecular weight is 357 g/mol. The monoisotopic (exact) mass is 357 g/mol. The molecule has 6 heteroatoms. The Kier molecular flexibility index (Phi) is 5.60. The van der Waals surface area contributed by atoms with Crippen LogP contribution in [0.1, 0.15) is 5.56 Å². The molecule has 2 aromatic rings. The van der Waals surface area contributed by atoms with E-state index in [1.165, 1.54) is 16.7 Å². The van der Waals surface area contributed by atoms with Crippen LogP contribution in [-0.2, 0) is 14.3 Å². The van der Waals surface area contributed by atoms with Gasteiger partial charge in [0.05, 0.1) is 11.4 Å². The highest BCUT2D eigenvalue weighted by Crippen LogP contribution is 2.34. The van der Waals surface area contributed by atoms with E-state index in [-0.39, 0.29) is 25.7 Å². The third-order valence-electron chi connectivity index (χ3n) is 3.73. The lowest BCUT2D eigenvalue weighted by Crippen LogP contribution is -2.40. The van der Waals surface area contributed by atoms with Crippen LogP contribution in [0.3, 0.4) is 0 Å². The second-order valence-electron chi connectivity index (χ2n) is 5.62. The van der Waals surface area contributed by atoms with Crippen molar-refractivity contribution in [2.45, 2.75) is 11.8 Å². The number of fused-ring (bicyclic) bond motifs is 1. The van der Waals surface area contributed by atoms with Crippen LogP contribution >= 0.6 is 11.8 Å². The van der Waals surface area contributed by atoms with E-state index in [0.29, 0.717) is 5.75 Å². The first kappa shape index (κ1) is 17.4. The maximum Gasteiger partial charge on any atom is 0.326 e. The molecule has 0 aromatic heterocycles. The highest BCUT2D eigenvalue weighted by molar-refractivity contribution is 8.00. The molecule has 0 bridgehead atoms. The Bertz CT molecular complexity index is 760. The van der Waals surface area contributed by atoms with Crippen molar-refractivity contribution < 1.29 is 19.1 Å². The predicted octanol–water partition coefficient (Wildman–Crippen LogP) is 3.06. The van der Waals surface area contributed by atoms with E-state index < -0.39 is 5.97 Å². The molecule has 0 fully saturated rings. The van der Waals surface area contributed by atoms with Crippen LogP contribution in [0.25, 0.3) is 0 Å². The average Bonchev–Trinajstić information content (AvgIpc) is 2.63. The van der Waals surface area contributed by atoms with Crippen LogP contribution in [-0.4, -0.2) is 37.4 Å². The fourth-order valence-electron chi connectivity index (χ4n) is 2.45. The number of hydrogen-bond donors (Lipinski definition) is 0. The van der Waals surface area contributed by atoms with Gasteiger partial charge in [-0.1, -0.05) is 29.8 Å². The molecule has 5 nitrogen and oxygen atoms in total. The summed E-state index contributed by atoms with van der Waals surface area (Å²) in [6.07, 6.45) is 0. The van der Waals surface area contributed by atoms with Gasteiger partial charge in [-0.15, -0.1) is 11.8 Å². The van der Waals surface area contributed by atoms with Crippen LogP contribution < -0.4 is 9.64 Å². The van der Waals surface area contributed by atoms with Gasteiger partial charge in [0, 0.05) is 4.90 Å². The maximum absolute atomic E-state index is 12.1. The first-order valence-corrected chi connectivity index (χ1v) is 8.99. The van der Waals surface area contributed by atoms with Crippen molar-refractivity contribution in [1.82, 2.24) is 0 Å². The van der Waals surface area contributed by atoms with Gasteiger partial charge in [-0.05, 0) is 31.2 Å². The Morgan fingerprint density at radius 1 is 1.12 bits per heavy atom. The SMILES string of the molecule is Cc1ccc(OCCOC(=O)CN2C(=O)CSc3ccccc32)cc1. The van der Waals surface area contributed by atoms with Crippen molar-refractivity contribution >= 4 is 29.3 Å². The topological polar surface area (TPSA) is 55.8 Å². The second kappa shape index (κ2) is 8.07. The number of aryl methyl sites for hydroxylation is 1. The van der Waals surface area contributed by atoms with Gasteiger partial charge in [0.15, 0.2) is 0 Å². The summed E-state index contributed by atoms with van der Waals surface area (Å²) in [5.74, 6) is 0.541. The number of esters is 1. The van der Waals surface area contributed by atoms with Crippen molar-refractivity contribution in [2.75, 3.05) is 30.4 Å². The van der Waals surface area contributed by atoms with Crippen LogP contribution in [0.4, 0.5) is 5.69 Å². The van der Waals surface area contributed by atoms with E-state index in [1.54, 1.807) is 0 Å². The summed E-state index contributed by atoms with van der Waals surface area (Å²) >= 11 is 1.48. The summed E-state index contributed by atoms with van der Waals surface area (Å²) in [5.41, 5.74) is 1.92.